The van der Waals surface area contributed by atoms with Crippen molar-refractivity contribution in [2.45, 2.75) is 30.9 Å². The highest BCUT2D eigenvalue weighted by Crippen LogP contribution is 2.44. The van der Waals surface area contributed by atoms with Gasteiger partial charge in [0, 0.05) is 25.0 Å². The first-order valence-corrected chi connectivity index (χ1v) is 11.3. The first-order valence-electron chi connectivity index (χ1n) is 11.3. The number of carbonyl (C=O) groups excluding carboxylic acids is 2. The number of ether oxygens (including phenoxy) is 2. The van der Waals surface area contributed by atoms with Crippen molar-refractivity contribution in [2.75, 3.05) is 19.8 Å². The molecule has 1 aliphatic heterocycles. The molecule has 0 radical (unpaired) electrons. The molecule has 0 spiro atoms. The maximum atomic E-state index is 12.4. The Bertz CT molecular complexity index is 1040. The molecular formula is C25H26N2O6. The van der Waals surface area contributed by atoms with Gasteiger partial charge in [0.15, 0.2) is 6.10 Å². The molecule has 2 fully saturated rings. The van der Waals surface area contributed by atoms with Crippen LogP contribution in [0.4, 0.5) is 4.79 Å². The van der Waals surface area contributed by atoms with Crippen LogP contribution in [-0.2, 0) is 19.1 Å². The van der Waals surface area contributed by atoms with Gasteiger partial charge in [0.25, 0.3) is 0 Å². The van der Waals surface area contributed by atoms with Crippen molar-refractivity contribution in [1.82, 2.24) is 10.6 Å². The van der Waals surface area contributed by atoms with E-state index in [4.69, 9.17) is 14.6 Å². The largest absolute Gasteiger partial charge is 0.479 e. The molecule has 0 bridgehead atoms. The number of alkyl carbamates (subject to hydrolysis) is 1. The summed E-state index contributed by atoms with van der Waals surface area (Å²) in [6, 6.07) is 15.8. The van der Waals surface area contributed by atoms with Crippen molar-refractivity contribution >= 4 is 18.0 Å². The monoisotopic (exact) mass is 450 g/mol. The van der Waals surface area contributed by atoms with E-state index in [0.29, 0.717) is 26.0 Å². The van der Waals surface area contributed by atoms with Gasteiger partial charge < -0.3 is 25.2 Å². The summed E-state index contributed by atoms with van der Waals surface area (Å²) in [5.41, 5.74) is 4.65. The van der Waals surface area contributed by atoms with Crippen LogP contribution in [0.3, 0.4) is 0 Å². The molecule has 2 aromatic carbocycles. The summed E-state index contributed by atoms with van der Waals surface area (Å²) in [4.78, 5) is 35.9. The molecular weight excluding hydrogens is 424 g/mol. The van der Waals surface area contributed by atoms with Gasteiger partial charge in [-0.3, -0.25) is 4.79 Å². The minimum Gasteiger partial charge on any atom is -0.479 e. The zero-order valence-electron chi connectivity index (χ0n) is 18.0. The lowest BCUT2D eigenvalue weighted by Gasteiger charge is -2.16. The zero-order valence-corrected chi connectivity index (χ0v) is 18.0. The molecule has 5 rings (SSSR count). The van der Waals surface area contributed by atoms with E-state index in [1.165, 1.54) is 11.1 Å². The van der Waals surface area contributed by atoms with Crippen molar-refractivity contribution in [2.24, 2.45) is 11.8 Å². The lowest BCUT2D eigenvalue weighted by Crippen LogP contribution is -2.45. The van der Waals surface area contributed by atoms with E-state index in [1.54, 1.807) is 0 Å². The molecule has 1 saturated heterocycles. The van der Waals surface area contributed by atoms with Gasteiger partial charge in [-0.25, -0.2) is 9.59 Å². The van der Waals surface area contributed by atoms with Gasteiger partial charge in [-0.1, -0.05) is 48.5 Å². The zero-order chi connectivity index (χ0) is 22.9. The number of fused-ring (bicyclic) bond motifs is 3. The highest BCUT2D eigenvalue weighted by Gasteiger charge is 2.45. The van der Waals surface area contributed by atoms with Crippen molar-refractivity contribution in [1.29, 1.82) is 0 Å². The van der Waals surface area contributed by atoms with Crippen LogP contribution in [0.15, 0.2) is 48.5 Å². The first-order chi connectivity index (χ1) is 16.0. The van der Waals surface area contributed by atoms with Gasteiger partial charge in [0.05, 0.1) is 6.04 Å². The number of carboxylic acids is 1. The summed E-state index contributed by atoms with van der Waals surface area (Å²) < 4.78 is 10.7. The maximum absolute atomic E-state index is 12.4. The van der Waals surface area contributed by atoms with Crippen LogP contribution in [0.25, 0.3) is 11.1 Å². The summed E-state index contributed by atoms with van der Waals surface area (Å²) in [5.74, 6) is -1.46. The Kier molecular flexibility index (Phi) is 5.76. The lowest BCUT2D eigenvalue weighted by molar-refractivity contribution is -0.148. The summed E-state index contributed by atoms with van der Waals surface area (Å²) >= 11 is 0. The van der Waals surface area contributed by atoms with E-state index < -0.39 is 24.2 Å². The Hall–Kier alpha value is -3.39. The van der Waals surface area contributed by atoms with E-state index >= 15 is 0 Å². The Morgan fingerprint density at radius 3 is 2.36 bits per heavy atom. The average Bonchev–Trinajstić information content (AvgIpc) is 3.33. The maximum Gasteiger partial charge on any atom is 0.407 e. The predicted molar refractivity (Wildman–Crippen MR) is 119 cm³/mol. The van der Waals surface area contributed by atoms with Gasteiger partial charge in [-0.15, -0.1) is 0 Å². The molecule has 33 heavy (non-hydrogen) atoms. The first kappa shape index (κ1) is 21.5. The molecule has 0 aromatic heterocycles. The second kappa shape index (κ2) is 8.86. The Morgan fingerprint density at radius 1 is 1.03 bits per heavy atom. The Morgan fingerprint density at radius 2 is 1.70 bits per heavy atom. The molecule has 3 aliphatic rings. The van der Waals surface area contributed by atoms with E-state index in [9.17, 15) is 14.4 Å². The van der Waals surface area contributed by atoms with Crippen LogP contribution in [0.1, 0.15) is 29.9 Å². The van der Waals surface area contributed by atoms with Crippen LogP contribution in [0.2, 0.25) is 0 Å². The van der Waals surface area contributed by atoms with E-state index in [0.717, 1.165) is 11.1 Å². The second-order valence-electron chi connectivity index (χ2n) is 8.84. The molecule has 1 heterocycles. The smallest absolute Gasteiger partial charge is 0.407 e. The van der Waals surface area contributed by atoms with Gasteiger partial charge in [0.1, 0.15) is 6.61 Å². The standard InChI is InChI=1S/C25H26N2O6/c28-23(27-21-9-10-32-22(21)24(29)30)19-11-14(19)12-26-25(31)33-13-20-17-7-3-1-5-15(17)16-6-2-4-8-18(16)20/h1-8,14,19-22H,9-13H2,(H,26,31)(H,27,28)(H,29,30). The Balaban J connectivity index is 1.09. The molecule has 172 valence electrons. The Labute approximate surface area is 191 Å². The lowest BCUT2D eigenvalue weighted by atomic mass is 9.98. The number of carbonyl (C=O) groups is 3. The highest BCUT2D eigenvalue weighted by atomic mass is 16.5. The topological polar surface area (TPSA) is 114 Å². The van der Waals surface area contributed by atoms with Crippen LogP contribution >= 0.6 is 0 Å². The molecule has 4 atom stereocenters. The number of hydrogen-bond acceptors (Lipinski definition) is 5. The van der Waals surface area contributed by atoms with Crippen molar-refractivity contribution in [3.8, 4) is 11.1 Å². The van der Waals surface area contributed by atoms with E-state index in [2.05, 4.69) is 34.9 Å². The van der Waals surface area contributed by atoms with Gasteiger partial charge >= 0.3 is 12.1 Å². The molecule has 2 aliphatic carbocycles. The third kappa shape index (κ3) is 4.30. The molecule has 8 heteroatoms. The van der Waals surface area contributed by atoms with Crippen LogP contribution in [0, 0.1) is 11.8 Å². The van der Waals surface area contributed by atoms with Crippen molar-refractivity contribution < 1.29 is 29.0 Å². The number of rotatable bonds is 7. The van der Waals surface area contributed by atoms with Crippen molar-refractivity contribution in [3.63, 3.8) is 0 Å². The van der Waals surface area contributed by atoms with Crippen molar-refractivity contribution in [3.05, 3.63) is 59.7 Å². The van der Waals surface area contributed by atoms with E-state index in [1.807, 2.05) is 24.3 Å². The molecule has 2 aromatic rings. The summed E-state index contributed by atoms with van der Waals surface area (Å²) in [7, 11) is 0. The minimum absolute atomic E-state index is 0.00147. The van der Waals surface area contributed by atoms with Gasteiger partial charge in [-0.2, -0.15) is 0 Å². The summed E-state index contributed by atoms with van der Waals surface area (Å²) in [6.45, 7) is 0.907. The third-order valence-corrected chi connectivity index (χ3v) is 6.77. The fourth-order valence-corrected chi connectivity index (χ4v) is 4.93. The fraction of sp³-hybridized carbons (Fsp3) is 0.400. The quantitative estimate of drug-likeness (QED) is 0.597. The number of aliphatic carboxylic acids is 1. The van der Waals surface area contributed by atoms with Gasteiger partial charge in [0.2, 0.25) is 5.91 Å². The van der Waals surface area contributed by atoms with Gasteiger partial charge in [-0.05, 0) is 41.0 Å². The normalized spacial score (nSPS) is 25.1. The number of carboxylic acid groups (broad SMARTS) is 1. The number of hydrogen-bond donors (Lipinski definition) is 3. The van der Waals surface area contributed by atoms with E-state index in [-0.39, 0.29) is 30.3 Å². The molecule has 2 amide bonds. The molecule has 3 N–H and O–H groups in total. The second-order valence-corrected chi connectivity index (χ2v) is 8.84. The predicted octanol–water partition coefficient (Wildman–Crippen LogP) is 2.52. The molecule has 4 unspecified atom stereocenters. The van der Waals surface area contributed by atoms with Crippen LogP contribution in [-0.4, -0.2) is 55.0 Å². The SMILES string of the molecule is O=C(NCC1CC1C(=O)NC1CCOC1C(=O)O)OCC1c2ccccc2-c2ccccc21. The number of amides is 2. The minimum atomic E-state index is -1.07. The third-order valence-electron chi connectivity index (χ3n) is 6.77. The van der Waals surface area contributed by atoms with Crippen LogP contribution in [0.5, 0.6) is 0 Å². The summed E-state index contributed by atoms with van der Waals surface area (Å²) in [5, 5.41) is 14.7. The number of benzene rings is 2. The molecule has 8 nitrogen and oxygen atoms in total. The average molecular weight is 450 g/mol. The number of nitrogens with one attached hydrogen (secondary N) is 2. The summed E-state index contributed by atoms with van der Waals surface area (Å²) in [6.07, 6.45) is -0.359. The fourth-order valence-electron chi connectivity index (χ4n) is 4.93. The van der Waals surface area contributed by atoms with Crippen LogP contribution < -0.4 is 10.6 Å². The highest BCUT2D eigenvalue weighted by molar-refractivity contribution is 5.83. The molecule has 1 saturated carbocycles.